The number of fused-ring (bicyclic) bond motifs is 1. The highest BCUT2D eigenvalue weighted by Crippen LogP contribution is 2.37. The van der Waals surface area contributed by atoms with E-state index in [-0.39, 0.29) is 6.10 Å². The van der Waals surface area contributed by atoms with E-state index in [0.29, 0.717) is 6.04 Å². The van der Waals surface area contributed by atoms with Gasteiger partial charge in [-0.1, -0.05) is 18.2 Å². The Hall–Kier alpha value is -3.08. The number of nitrogens with one attached hydrogen (secondary N) is 1. The Morgan fingerprint density at radius 1 is 1.07 bits per heavy atom. The van der Waals surface area contributed by atoms with Crippen molar-refractivity contribution < 1.29 is 4.74 Å². The van der Waals surface area contributed by atoms with Crippen LogP contribution in [0.25, 0.3) is 0 Å². The molecule has 1 N–H and O–H groups in total. The van der Waals surface area contributed by atoms with Crippen LogP contribution in [0.4, 0.5) is 23.0 Å². The van der Waals surface area contributed by atoms with Crippen molar-refractivity contribution in [2.75, 3.05) is 10.2 Å². The van der Waals surface area contributed by atoms with Crippen LogP contribution >= 0.6 is 0 Å². The maximum absolute atomic E-state index is 5.69. The van der Waals surface area contributed by atoms with Crippen molar-refractivity contribution in [3.05, 3.63) is 66.5 Å². The van der Waals surface area contributed by atoms with Gasteiger partial charge < -0.3 is 15.0 Å². The zero-order valence-electron chi connectivity index (χ0n) is 15.9. The van der Waals surface area contributed by atoms with Gasteiger partial charge in [-0.3, -0.25) is 0 Å². The van der Waals surface area contributed by atoms with Crippen LogP contribution in [-0.2, 0) is 6.42 Å². The minimum absolute atomic E-state index is 0.165. The fourth-order valence-electron chi connectivity index (χ4n) is 3.50. The third kappa shape index (κ3) is 3.72. The maximum Gasteiger partial charge on any atom is 0.138 e. The van der Waals surface area contributed by atoms with Crippen LogP contribution in [0.15, 0.2) is 60.9 Å². The van der Waals surface area contributed by atoms with E-state index in [1.807, 2.05) is 44.2 Å². The summed E-state index contributed by atoms with van der Waals surface area (Å²) in [5, 5.41) is 3.35. The predicted octanol–water partition coefficient (Wildman–Crippen LogP) is 5.09. The molecule has 0 saturated heterocycles. The number of anilines is 4. The summed E-state index contributed by atoms with van der Waals surface area (Å²) < 4.78 is 5.69. The lowest BCUT2D eigenvalue weighted by atomic mass is 10.1. The minimum atomic E-state index is 0.165. The first-order valence-electron chi connectivity index (χ1n) is 9.33. The molecule has 0 bridgehead atoms. The Morgan fingerprint density at radius 2 is 1.85 bits per heavy atom. The second-order valence-electron chi connectivity index (χ2n) is 7.13. The predicted molar refractivity (Wildman–Crippen MR) is 109 cm³/mol. The zero-order chi connectivity index (χ0) is 18.8. The summed E-state index contributed by atoms with van der Waals surface area (Å²) in [7, 11) is 0. The molecule has 0 amide bonds. The second kappa shape index (κ2) is 7.27. The summed E-state index contributed by atoms with van der Waals surface area (Å²) in [6.07, 6.45) is 2.81. The van der Waals surface area contributed by atoms with Crippen LogP contribution < -0.4 is 15.0 Å². The van der Waals surface area contributed by atoms with Crippen molar-refractivity contribution in [2.24, 2.45) is 0 Å². The van der Waals surface area contributed by atoms with Gasteiger partial charge in [0.1, 0.15) is 23.7 Å². The van der Waals surface area contributed by atoms with E-state index in [1.165, 1.54) is 11.3 Å². The van der Waals surface area contributed by atoms with E-state index in [0.717, 1.165) is 29.5 Å². The molecule has 0 aliphatic carbocycles. The lowest BCUT2D eigenvalue weighted by Crippen LogP contribution is -2.24. The van der Waals surface area contributed by atoms with Gasteiger partial charge in [-0.15, -0.1) is 0 Å². The molecule has 0 saturated carbocycles. The molecular weight excluding hydrogens is 336 g/mol. The smallest absolute Gasteiger partial charge is 0.138 e. The average Bonchev–Trinajstić information content (AvgIpc) is 2.99. The van der Waals surface area contributed by atoms with Crippen molar-refractivity contribution in [1.29, 1.82) is 0 Å². The molecule has 1 aliphatic rings. The van der Waals surface area contributed by atoms with Crippen LogP contribution in [0.1, 0.15) is 26.3 Å². The van der Waals surface area contributed by atoms with E-state index in [2.05, 4.69) is 51.4 Å². The average molecular weight is 360 g/mol. The van der Waals surface area contributed by atoms with Crippen molar-refractivity contribution >= 4 is 23.0 Å². The van der Waals surface area contributed by atoms with Crippen LogP contribution in [0, 0.1) is 0 Å². The second-order valence-corrected chi connectivity index (χ2v) is 7.13. The highest BCUT2D eigenvalue weighted by Gasteiger charge is 2.27. The number of rotatable bonds is 5. The van der Waals surface area contributed by atoms with E-state index in [9.17, 15) is 0 Å². The molecule has 5 heteroatoms. The molecule has 1 aromatic heterocycles. The lowest BCUT2D eigenvalue weighted by Gasteiger charge is -2.24. The molecule has 2 aromatic carbocycles. The van der Waals surface area contributed by atoms with Crippen LogP contribution in [-0.4, -0.2) is 22.1 Å². The van der Waals surface area contributed by atoms with Gasteiger partial charge in [-0.2, -0.15) is 0 Å². The summed E-state index contributed by atoms with van der Waals surface area (Å²) in [6.45, 7) is 6.26. The minimum Gasteiger partial charge on any atom is -0.491 e. The molecule has 27 heavy (non-hydrogen) atoms. The standard InChI is InChI=1S/C22H24N4O/c1-15(2)27-19-10-8-18(9-11-19)25-21-13-22(24-14-23-21)26-16(3)12-17-6-4-5-7-20(17)26/h4-11,13-16H,12H2,1-3H3,(H,23,24,25). The van der Waals surface area contributed by atoms with Crippen molar-refractivity contribution in [2.45, 2.75) is 39.3 Å². The molecule has 0 spiro atoms. The van der Waals surface area contributed by atoms with Crippen LogP contribution in [0.3, 0.4) is 0 Å². The van der Waals surface area contributed by atoms with Crippen molar-refractivity contribution in [3.63, 3.8) is 0 Å². The monoisotopic (exact) mass is 360 g/mol. The number of hydrogen-bond acceptors (Lipinski definition) is 5. The number of aromatic nitrogens is 2. The first-order chi connectivity index (χ1) is 13.1. The number of benzene rings is 2. The summed E-state index contributed by atoms with van der Waals surface area (Å²) in [6, 6.07) is 18.8. The SMILES string of the molecule is CC(C)Oc1ccc(Nc2cc(N3c4ccccc4CC3C)ncn2)cc1. The lowest BCUT2D eigenvalue weighted by molar-refractivity contribution is 0.242. The van der Waals surface area contributed by atoms with Gasteiger partial charge in [0.2, 0.25) is 0 Å². The Kier molecular flexibility index (Phi) is 4.67. The molecule has 0 radical (unpaired) electrons. The Bertz CT molecular complexity index is 924. The van der Waals surface area contributed by atoms with Crippen molar-refractivity contribution in [1.82, 2.24) is 9.97 Å². The molecule has 1 unspecified atom stereocenters. The molecule has 4 rings (SSSR count). The number of para-hydroxylation sites is 1. The quantitative estimate of drug-likeness (QED) is 0.687. The summed E-state index contributed by atoms with van der Waals surface area (Å²) in [5.41, 5.74) is 3.55. The number of hydrogen-bond donors (Lipinski definition) is 1. The van der Waals surface area contributed by atoms with Crippen molar-refractivity contribution in [3.8, 4) is 5.75 Å². The van der Waals surface area contributed by atoms with Gasteiger partial charge in [0.05, 0.1) is 6.10 Å². The van der Waals surface area contributed by atoms with E-state index < -0.39 is 0 Å². The Balaban J connectivity index is 1.55. The molecule has 1 aliphatic heterocycles. The molecular formula is C22H24N4O. The van der Waals surface area contributed by atoms with E-state index in [1.54, 1.807) is 6.33 Å². The maximum atomic E-state index is 5.69. The van der Waals surface area contributed by atoms with E-state index in [4.69, 9.17) is 4.74 Å². The molecule has 3 aromatic rings. The third-order valence-electron chi connectivity index (χ3n) is 4.61. The molecule has 138 valence electrons. The number of ether oxygens (including phenoxy) is 1. The number of nitrogens with zero attached hydrogens (tertiary/aromatic N) is 3. The highest BCUT2D eigenvalue weighted by molar-refractivity contribution is 5.71. The van der Waals surface area contributed by atoms with Gasteiger partial charge in [0.15, 0.2) is 0 Å². The molecule has 0 fully saturated rings. The summed E-state index contributed by atoms with van der Waals surface area (Å²) in [4.78, 5) is 11.2. The van der Waals surface area contributed by atoms with Crippen LogP contribution in [0.2, 0.25) is 0 Å². The zero-order valence-corrected chi connectivity index (χ0v) is 15.9. The van der Waals surface area contributed by atoms with Gasteiger partial charge >= 0.3 is 0 Å². The Labute approximate surface area is 160 Å². The summed E-state index contributed by atoms with van der Waals surface area (Å²) in [5.74, 6) is 2.54. The van der Waals surface area contributed by atoms with E-state index >= 15 is 0 Å². The fraction of sp³-hybridized carbons (Fsp3) is 0.273. The summed E-state index contributed by atoms with van der Waals surface area (Å²) >= 11 is 0. The first kappa shape index (κ1) is 17.3. The fourth-order valence-corrected chi connectivity index (χ4v) is 3.50. The first-order valence-corrected chi connectivity index (χ1v) is 9.33. The third-order valence-corrected chi connectivity index (χ3v) is 4.61. The van der Waals surface area contributed by atoms with Gasteiger partial charge in [0.25, 0.3) is 0 Å². The highest BCUT2D eigenvalue weighted by atomic mass is 16.5. The largest absolute Gasteiger partial charge is 0.491 e. The molecule has 2 heterocycles. The normalized spacial score (nSPS) is 15.7. The van der Waals surface area contributed by atoms with Gasteiger partial charge in [-0.05, 0) is 63.1 Å². The molecule has 1 atom stereocenters. The topological polar surface area (TPSA) is 50.3 Å². The molecule has 5 nitrogen and oxygen atoms in total. The Morgan fingerprint density at radius 3 is 2.63 bits per heavy atom. The van der Waals surface area contributed by atoms with Gasteiger partial charge in [0, 0.05) is 23.5 Å². The van der Waals surface area contributed by atoms with Crippen LogP contribution in [0.5, 0.6) is 5.75 Å². The van der Waals surface area contributed by atoms with Gasteiger partial charge in [-0.25, -0.2) is 9.97 Å².